The first-order valence-electron chi connectivity index (χ1n) is 34.9. The molecule has 0 radical (unpaired) electrons. The lowest BCUT2D eigenvalue weighted by Gasteiger charge is -2.33. The maximum Gasteiger partial charge on any atom is 0.253 e. The topological polar surface area (TPSA) is 236 Å². The molecule has 0 spiro atoms. The highest BCUT2D eigenvalue weighted by Gasteiger charge is 2.53. The number of hydrogen-bond donors (Lipinski definition) is 1. The van der Waals surface area contributed by atoms with Crippen molar-refractivity contribution in [3.05, 3.63) is 226 Å². The molecule has 1 N–H and O–H groups in total. The van der Waals surface area contributed by atoms with Gasteiger partial charge in [0.05, 0.1) is 51.4 Å². The van der Waals surface area contributed by atoms with E-state index in [2.05, 4.69) is 16.0 Å². The number of ketones is 3. The highest BCUT2D eigenvalue weighted by molar-refractivity contribution is 7.89. The Bertz CT molecular complexity index is 4830. The molecule has 1 amide bonds. The molecule has 7 heterocycles. The Morgan fingerprint density at radius 1 is 0.524 bits per heavy atom. The molecule has 530 valence electrons. The molecule has 0 atom stereocenters. The highest BCUT2D eigenvalue weighted by atomic mass is 32.2. The highest BCUT2D eigenvalue weighted by Crippen LogP contribution is 2.54. The lowest BCUT2D eigenvalue weighted by Crippen LogP contribution is -2.49. The van der Waals surface area contributed by atoms with Gasteiger partial charge in [0, 0.05) is 113 Å². The average molecular weight is 1410 g/mol. The molecule has 21 heteroatoms. The van der Waals surface area contributed by atoms with Crippen molar-refractivity contribution < 1.29 is 65.9 Å². The summed E-state index contributed by atoms with van der Waals surface area (Å²) >= 11 is 0. The molecule has 7 aliphatic rings. The van der Waals surface area contributed by atoms with Gasteiger partial charge in [0.2, 0.25) is 30.4 Å². The molecule has 3 saturated carbocycles. The molecule has 3 aliphatic carbocycles. The second kappa shape index (κ2) is 29.3. The Hall–Kier alpha value is -10.2. The summed E-state index contributed by atoms with van der Waals surface area (Å²) in [6, 6.07) is 51.1. The molecule has 4 aliphatic heterocycles. The number of benzene rings is 6. The summed E-state index contributed by atoms with van der Waals surface area (Å²) in [6.45, 7) is 8.39. The minimum absolute atomic E-state index is 0.00871. The number of rotatable bonds is 22. The maximum absolute atomic E-state index is 13.4. The van der Waals surface area contributed by atoms with Gasteiger partial charge in [-0.1, -0.05) is 72.8 Å². The zero-order chi connectivity index (χ0) is 71.6. The third-order valence-corrected chi connectivity index (χ3v) is 22.7. The third-order valence-electron chi connectivity index (χ3n) is 20.8. The van der Waals surface area contributed by atoms with Gasteiger partial charge in [-0.15, -0.1) is 0 Å². The molecule has 20 nitrogen and oxygen atoms in total. The summed E-state index contributed by atoms with van der Waals surface area (Å²) in [5.74, 6) is 4.76. The van der Waals surface area contributed by atoms with E-state index in [-0.39, 0.29) is 68.0 Å². The number of carbonyl (C=O) groups is 4. The number of aliphatic hydroxyl groups excluding tert-OH is 1. The largest absolute Gasteiger partial charge is 0.454 e. The van der Waals surface area contributed by atoms with Crippen LogP contribution in [-0.4, -0.2) is 147 Å². The van der Waals surface area contributed by atoms with Crippen molar-refractivity contribution in [2.75, 3.05) is 80.9 Å². The molecule has 9 aromatic rings. The van der Waals surface area contributed by atoms with Crippen molar-refractivity contribution in [3.63, 3.8) is 0 Å². The van der Waals surface area contributed by atoms with E-state index >= 15 is 0 Å². The zero-order valence-electron chi connectivity index (χ0n) is 58.4. The maximum atomic E-state index is 13.4. The number of ether oxygens (including phenoxy) is 7. The number of carbonyl (C=O) groups excluding carboxylic acids is 4. The predicted molar refractivity (Wildman–Crippen MR) is 386 cm³/mol. The lowest BCUT2D eigenvalue weighted by atomic mass is 9.88. The minimum atomic E-state index is -3.58. The number of fused-ring (bicyclic) bond motifs is 3. The summed E-state index contributed by atoms with van der Waals surface area (Å²) in [5.41, 5.74) is 12.6. The van der Waals surface area contributed by atoms with E-state index in [0.29, 0.717) is 73.4 Å². The van der Waals surface area contributed by atoms with Gasteiger partial charge in [-0.25, -0.2) is 8.42 Å². The smallest absolute Gasteiger partial charge is 0.253 e. The molecule has 1 saturated heterocycles. The minimum Gasteiger partial charge on any atom is -0.454 e. The number of hydrogen-bond acceptors (Lipinski definition) is 18. The SMILES string of the molecule is COCCN1CCN(S(=O)(=O)c2ccc(-c3cccc(CC(=O)C4(c5ccc6c(c5)OCO6)CC4)n3)cc2)CC1.Cc1cc(-c2cccc(CO)c2)cnc1CC(=O)C1(c2ccc3c(c2)OCO3)CC1.Cc1ccc(CC(=O)C2(c3ccc4c(c3)OCO4)CC2)nc1-c1ccc(C(=O)N(C)C)cc1. The second-order valence-electron chi connectivity index (χ2n) is 27.6. The fourth-order valence-electron chi connectivity index (χ4n) is 14.0. The first kappa shape index (κ1) is 69.9. The normalized spacial score (nSPS) is 16.7. The van der Waals surface area contributed by atoms with Crippen LogP contribution in [0.25, 0.3) is 33.6 Å². The van der Waals surface area contributed by atoms with Crippen LogP contribution in [0.1, 0.15) is 99.3 Å². The van der Waals surface area contributed by atoms with Crippen molar-refractivity contribution in [1.29, 1.82) is 0 Å². The van der Waals surface area contributed by atoms with Crippen LogP contribution in [0.5, 0.6) is 34.5 Å². The number of pyridine rings is 3. The van der Waals surface area contributed by atoms with Crippen LogP contribution in [0.3, 0.4) is 0 Å². The van der Waals surface area contributed by atoms with E-state index < -0.39 is 26.3 Å². The van der Waals surface area contributed by atoms with E-state index in [0.717, 1.165) is 135 Å². The Kier molecular flexibility index (Phi) is 19.9. The lowest BCUT2D eigenvalue weighted by molar-refractivity contribution is -0.121. The summed E-state index contributed by atoms with van der Waals surface area (Å²) in [4.78, 5) is 70.4. The van der Waals surface area contributed by atoms with Crippen LogP contribution in [0.4, 0.5) is 0 Å². The van der Waals surface area contributed by atoms with E-state index in [1.54, 1.807) is 54.7 Å². The number of Topliss-reactive ketones (excluding diaryl/α,β-unsaturated/α-hetero) is 3. The number of amides is 1. The fraction of sp³-hybridized carbons (Fsp3) is 0.329. The van der Waals surface area contributed by atoms with Crippen molar-refractivity contribution in [3.8, 4) is 68.1 Å². The number of aliphatic hydroxyl groups is 1. The molecule has 4 fully saturated rings. The van der Waals surface area contributed by atoms with Gasteiger partial charge < -0.3 is 43.2 Å². The quantitative estimate of drug-likeness (QED) is 0.0664. The van der Waals surface area contributed by atoms with Gasteiger partial charge in [0.15, 0.2) is 34.5 Å². The predicted octanol–water partition coefficient (Wildman–Crippen LogP) is 11.7. The number of piperazine rings is 1. The van der Waals surface area contributed by atoms with Crippen LogP contribution in [0, 0.1) is 13.8 Å². The zero-order valence-corrected chi connectivity index (χ0v) is 59.3. The number of sulfonamides is 1. The number of aryl methyl sites for hydroxylation is 2. The van der Waals surface area contributed by atoms with Crippen LogP contribution >= 0.6 is 0 Å². The Morgan fingerprint density at radius 3 is 1.55 bits per heavy atom. The van der Waals surface area contributed by atoms with Gasteiger partial charge in [0.25, 0.3) is 5.91 Å². The summed E-state index contributed by atoms with van der Waals surface area (Å²) in [6.07, 6.45) is 7.64. The van der Waals surface area contributed by atoms with E-state index in [1.165, 1.54) is 0 Å². The van der Waals surface area contributed by atoms with Gasteiger partial charge in [-0.3, -0.25) is 39.0 Å². The van der Waals surface area contributed by atoms with Gasteiger partial charge in [-0.05, 0) is 182 Å². The molecule has 0 unspecified atom stereocenters. The number of nitrogens with zero attached hydrogens (tertiary/aromatic N) is 6. The van der Waals surface area contributed by atoms with Crippen molar-refractivity contribution in [2.24, 2.45) is 0 Å². The van der Waals surface area contributed by atoms with E-state index in [1.807, 2.05) is 154 Å². The van der Waals surface area contributed by atoms with E-state index in [9.17, 15) is 32.7 Å². The van der Waals surface area contributed by atoms with Crippen molar-refractivity contribution in [1.82, 2.24) is 29.1 Å². The van der Waals surface area contributed by atoms with Gasteiger partial charge in [0.1, 0.15) is 17.3 Å². The molecule has 16 rings (SSSR count). The first-order valence-corrected chi connectivity index (χ1v) is 36.3. The van der Waals surface area contributed by atoms with Crippen LogP contribution < -0.4 is 28.4 Å². The standard InChI is InChI=1S/C30H33N3O6S.C27H26N2O4.C25H23NO4/c1-37-18-17-32-13-15-33(16-14-32)40(35,36)25-8-5-22(6-9-25)26-4-2-3-24(31-26)20-29(34)30(11-12-30)23-7-10-27-28(19-23)39-21-38-27;1-17-4-10-21(28-25(17)18-5-7-19(8-6-18)26(31)29(2)3)15-24(30)27(12-13-27)20-9-11-22-23(14-20)33-16-32-22;1-16-9-19(18-4-2-3-17(10-18)14-27)13-26-21(16)12-24(28)25(7-8-25)20-5-6-22-23(11-20)30-15-29-22/h2-10,19H,11-18,20-21H2,1H3;4-11,14H,12-13,15-16H2,1-3H3;2-6,9-11,13,27H,7-8,12,14-15H2,1H3. The van der Waals surface area contributed by atoms with Gasteiger partial charge >= 0.3 is 0 Å². The third kappa shape index (κ3) is 14.8. The Labute approximate surface area is 599 Å². The monoisotopic (exact) mass is 1410 g/mol. The summed E-state index contributed by atoms with van der Waals surface area (Å²) in [5, 5.41) is 9.37. The molecular formula is C82H82N6O14S. The number of methoxy groups -OCH3 is 1. The molecule has 103 heavy (non-hydrogen) atoms. The number of aromatic nitrogens is 3. The van der Waals surface area contributed by atoms with Crippen molar-refractivity contribution >= 4 is 33.3 Å². The van der Waals surface area contributed by atoms with Crippen LogP contribution in [0.15, 0.2) is 175 Å². The Morgan fingerprint density at radius 2 is 1.04 bits per heavy atom. The Balaban J connectivity index is 0.000000132. The van der Waals surface area contributed by atoms with Crippen LogP contribution in [-0.2, 0) is 71.3 Å². The second-order valence-corrected chi connectivity index (χ2v) is 29.6. The van der Waals surface area contributed by atoms with Crippen molar-refractivity contribution in [2.45, 2.75) is 99.4 Å². The fourth-order valence-corrected chi connectivity index (χ4v) is 15.4. The molecular weight excluding hydrogens is 1320 g/mol. The van der Waals surface area contributed by atoms with Gasteiger partial charge in [-0.2, -0.15) is 4.31 Å². The molecule has 0 bridgehead atoms. The first-order chi connectivity index (χ1) is 49.8. The molecule has 6 aromatic carbocycles. The van der Waals surface area contributed by atoms with Crippen LogP contribution in [0.2, 0.25) is 0 Å². The van der Waals surface area contributed by atoms with E-state index in [4.69, 9.17) is 43.1 Å². The molecule has 3 aromatic heterocycles. The summed E-state index contributed by atoms with van der Waals surface area (Å²) in [7, 11) is 1.56. The average Bonchev–Trinajstić information content (AvgIpc) is 1.60. The summed E-state index contributed by atoms with van der Waals surface area (Å²) < 4.78 is 65.8.